The van der Waals surface area contributed by atoms with Crippen LogP contribution in [0.1, 0.15) is 43.7 Å². The highest BCUT2D eigenvalue weighted by atomic mass is 32.2. The number of carbonyl (C=O) groups is 1. The Hall–Kier alpha value is -1.74. The fourth-order valence-electron chi connectivity index (χ4n) is 2.59. The molecule has 0 fully saturated rings. The first-order valence-corrected chi connectivity index (χ1v) is 8.77. The van der Waals surface area contributed by atoms with Gasteiger partial charge in [-0.05, 0) is 44.0 Å². The van der Waals surface area contributed by atoms with Crippen molar-refractivity contribution in [3.8, 4) is 0 Å². The Morgan fingerprint density at radius 2 is 1.73 bits per heavy atom. The van der Waals surface area contributed by atoms with E-state index in [0.29, 0.717) is 0 Å². The molecule has 3 heteroatoms. The lowest BCUT2D eigenvalue weighted by Gasteiger charge is -2.17. The molecular formula is C19H22O2S. The zero-order valence-electron chi connectivity index (χ0n) is 13.3. The van der Waals surface area contributed by atoms with Gasteiger partial charge in [-0.25, -0.2) is 4.21 Å². The van der Waals surface area contributed by atoms with E-state index in [1.54, 1.807) is 6.92 Å². The van der Waals surface area contributed by atoms with Gasteiger partial charge in [0.05, 0.1) is 10.8 Å². The van der Waals surface area contributed by atoms with Gasteiger partial charge in [0.1, 0.15) is 5.78 Å². The Kier molecular flexibility index (Phi) is 5.67. The summed E-state index contributed by atoms with van der Waals surface area (Å²) in [7, 11) is -1.26. The molecular weight excluding hydrogens is 292 g/mol. The molecule has 2 aromatic carbocycles. The lowest BCUT2D eigenvalue weighted by atomic mass is 9.91. The van der Waals surface area contributed by atoms with Crippen molar-refractivity contribution in [2.24, 2.45) is 0 Å². The summed E-state index contributed by atoms with van der Waals surface area (Å²) in [6.07, 6.45) is 1.72. The zero-order valence-corrected chi connectivity index (χ0v) is 14.2. The Morgan fingerprint density at radius 1 is 1.09 bits per heavy atom. The first-order valence-electron chi connectivity index (χ1n) is 7.62. The molecule has 0 amide bonds. The van der Waals surface area contributed by atoms with E-state index in [1.807, 2.05) is 55.5 Å². The fraction of sp³-hybridized carbons (Fsp3) is 0.316. The fourth-order valence-corrected chi connectivity index (χ4v) is 3.86. The zero-order chi connectivity index (χ0) is 16.1. The van der Waals surface area contributed by atoms with Gasteiger partial charge in [0, 0.05) is 15.7 Å². The number of benzene rings is 2. The van der Waals surface area contributed by atoms with Gasteiger partial charge in [-0.2, -0.15) is 0 Å². The van der Waals surface area contributed by atoms with Gasteiger partial charge in [0.25, 0.3) is 0 Å². The summed E-state index contributed by atoms with van der Waals surface area (Å²) < 4.78 is 12.9. The molecule has 2 aromatic rings. The van der Waals surface area contributed by atoms with Crippen LogP contribution in [0.2, 0.25) is 0 Å². The summed E-state index contributed by atoms with van der Waals surface area (Å²) in [4.78, 5) is 13.5. The van der Waals surface area contributed by atoms with Crippen molar-refractivity contribution < 1.29 is 9.00 Å². The third kappa shape index (κ3) is 3.72. The molecule has 0 aliphatic rings. The van der Waals surface area contributed by atoms with Gasteiger partial charge in [0.15, 0.2) is 0 Å². The molecule has 116 valence electrons. The van der Waals surface area contributed by atoms with Crippen molar-refractivity contribution in [1.29, 1.82) is 0 Å². The molecule has 0 bridgehead atoms. The van der Waals surface area contributed by atoms with Crippen LogP contribution >= 0.6 is 0 Å². The van der Waals surface area contributed by atoms with Crippen LogP contribution in [0.5, 0.6) is 0 Å². The first kappa shape index (κ1) is 16.6. The molecule has 0 aliphatic carbocycles. The molecule has 0 spiro atoms. The molecule has 0 saturated carbocycles. The molecule has 0 N–H and O–H groups in total. The van der Waals surface area contributed by atoms with Crippen LogP contribution < -0.4 is 0 Å². The Balaban J connectivity index is 2.45. The monoisotopic (exact) mass is 314 g/mol. The largest absolute Gasteiger partial charge is 0.299 e. The lowest BCUT2D eigenvalue weighted by molar-refractivity contribution is -0.118. The van der Waals surface area contributed by atoms with Crippen molar-refractivity contribution >= 4 is 16.6 Å². The second kappa shape index (κ2) is 7.50. The minimum atomic E-state index is -1.26. The molecule has 0 aromatic heterocycles. The normalized spacial score (nSPS) is 13.6. The molecule has 0 unspecified atom stereocenters. The molecule has 2 atom stereocenters. The number of hydrogen-bond donors (Lipinski definition) is 0. The summed E-state index contributed by atoms with van der Waals surface area (Å²) in [6, 6.07) is 15.3. The van der Waals surface area contributed by atoms with E-state index in [9.17, 15) is 9.00 Å². The second-order valence-electron chi connectivity index (χ2n) is 5.57. The summed E-state index contributed by atoms with van der Waals surface area (Å²) >= 11 is 0. The lowest BCUT2D eigenvalue weighted by Crippen LogP contribution is -2.12. The third-order valence-corrected chi connectivity index (χ3v) is 5.27. The molecule has 0 aliphatic heterocycles. The number of carbonyl (C=O) groups excluding carboxylic acids is 1. The highest BCUT2D eigenvalue weighted by molar-refractivity contribution is 7.85. The van der Waals surface area contributed by atoms with Crippen molar-refractivity contribution in [2.45, 2.75) is 49.3 Å². The number of Topliss-reactive ketones (excluding diaryl/α,β-unsaturated/α-hetero) is 1. The van der Waals surface area contributed by atoms with Crippen molar-refractivity contribution in [2.75, 3.05) is 0 Å². The predicted molar refractivity (Wildman–Crippen MR) is 90.6 cm³/mol. The summed E-state index contributed by atoms with van der Waals surface area (Å²) in [5, 5.41) is 0. The van der Waals surface area contributed by atoms with Crippen molar-refractivity contribution in [1.82, 2.24) is 0 Å². The molecule has 2 nitrogen and oxygen atoms in total. The topological polar surface area (TPSA) is 34.1 Å². The molecule has 22 heavy (non-hydrogen) atoms. The quantitative estimate of drug-likeness (QED) is 0.778. The minimum Gasteiger partial charge on any atom is -0.299 e. The smallest absolute Gasteiger partial charge is 0.137 e. The Morgan fingerprint density at radius 3 is 2.32 bits per heavy atom. The van der Waals surface area contributed by atoms with E-state index in [1.165, 1.54) is 0 Å². The van der Waals surface area contributed by atoms with Gasteiger partial charge < -0.3 is 0 Å². The van der Waals surface area contributed by atoms with Crippen LogP contribution in [0.25, 0.3) is 0 Å². The minimum absolute atomic E-state index is 0.134. The van der Waals surface area contributed by atoms with E-state index in [2.05, 4.69) is 6.92 Å². The van der Waals surface area contributed by atoms with Crippen LogP contribution in [0.4, 0.5) is 0 Å². The molecule has 0 heterocycles. The maximum absolute atomic E-state index is 12.9. The van der Waals surface area contributed by atoms with E-state index in [0.717, 1.165) is 33.8 Å². The standard InChI is InChI=1S/C19H22O2S/c1-4-7-17(15(3)20)18-8-5-6-9-19(18)22(21)16-12-10-14(2)11-13-16/h5-6,8-13,17H,4,7H2,1-3H3/t17-,22+/m1/s1. The summed E-state index contributed by atoms with van der Waals surface area (Å²) in [5.41, 5.74) is 2.04. The van der Waals surface area contributed by atoms with E-state index in [4.69, 9.17) is 0 Å². The number of ketones is 1. The van der Waals surface area contributed by atoms with Gasteiger partial charge in [0.2, 0.25) is 0 Å². The highest BCUT2D eigenvalue weighted by Crippen LogP contribution is 2.30. The summed E-state index contributed by atoms with van der Waals surface area (Å²) in [6.45, 7) is 5.69. The van der Waals surface area contributed by atoms with Crippen molar-refractivity contribution in [3.05, 3.63) is 59.7 Å². The van der Waals surface area contributed by atoms with Crippen LogP contribution in [0.15, 0.2) is 58.3 Å². The molecule has 0 radical (unpaired) electrons. The van der Waals surface area contributed by atoms with Gasteiger partial charge in [-0.3, -0.25) is 4.79 Å². The van der Waals surface area contributed by atoms with Crippen LogP contribution in [0.3, 0.4) is 0 Å². The molecule has 2 rings (SSSR count). The summed E-state index contributed by atoms with van der Waals surface area (Å²) in [5.74, 6) is -0.0363. The number of aryl methyl sites for hydroxylation is 1. The first-order chi connectivity index (χ1) is 10.5. The van der Waals surface area contributed by atoms with Gasteiger partial charge in [-0.15, -0.1) is 0 Å². The van der Waals surface area contributed by atoms with Crippen molar-refractivity contribution in [3.63, 3.8) is 0 Å². The van der Waals surface area contributed by atoms with Gasteiger partial charge >= 0.3 is 0 Å². The van der Waals surface area contributed by atoms with E-state index in [-0.39, 0.29) is 11.7 Å². The average Bonchev–Trinajstić information content (AvgIpc) is 2.52. The van der Waals surface area contributed by atoms with Crippen LogP contribution in [-0.2, 0) is 15.6 Å². The average molecular weight is 314 g/mol. The van der Waals surface area contributed by atoms with Crippen LogP contribution in [0, 0.1) is 6.92 Å². The highest BCUT2D eigenvalue weighted by Gasteiger charge is 2.21. The Labute approximate surface area is 135 Å². The number of hydrogen-bond acceptors (Lipinski definition) is 2. The third-order valence-electron chi connectivity index (χ3n) is 3.80. The van der Waals surface area contributed by atoms with Gasteiger partial charge in [-0.1, -0.05) is 49.2 Å². The van der Waals surface area contributed by atoms with E-state index < -0.39 is 10.8 Å². The predicted octanol–water partition coefficient (Wildman–Crippen LogP) is 4.63. The maximum Gasteiger partial charge on any atom is 0.137 e. The van der Waals surface area contributed by atoms with Crippen LogP contribution in [-0.4, -0.2) is 9.99 Å². The SMILES string of the molecule is CCC[C@H](C(C)=O)c1ccccc1[S@@](=O)c1ccc(C)cc1. The maximum atomic E-state index is 12.9. The Bertz CT molecular complexity index is 674. The molecule has 0 saturated heterocycles. The number of rotatable bonds is 6. The second-order valence-corrected chi connectivity index (χ2v) is 7.02. The van der Waals surface area contributed by atoms with E-state index >= 15 is 0 Å².